The summed E-state index contributed by atoms with van der Waals surface area (Å²) >= 11 is 0. The van der Waals surface area contributed by atoms with E-state index < -0.39 is 5.82 Å². The van der Waals surface area contributed by atoms with Crippen LogP contribution in [-0.4, -0.2) is 20.7 Å². The number of carbonyl (C=O) groups is 1. The molecular weight excluding hydrogens is 249 g/mol. The largest absolute Gasteiger partial charge is 0.397 e. The maximum atomic E-state index is 13.1. The molecule has 0 aliphatic carbocycles. The SMILES string of the molecule is Cc1nc(C)n(CC(=O)Nc2cc(F)ccc2N)n1. The van der Waals surface area contributed by atoms with Gasteiger partial charge in [-0.1, -0.05) is 0 Å². The second kappa shape index (κ2) is 5.05. The van der Waals surface area contributed by atoms with Crippen molar-refractivity contribution in [3.05, 3.63) is 35.7 Å². The first-order valence-corrected chi connectivity index (χ1v) is 5.68. The molecule has 0 saturated heterocycles. The minimum atomic E-state index is -0.461. The van der Waals surface area contributed by atoms with Crippen LogP contribution < -0.4 is 11.1 Å². The number of aromatic nitrogens is 3. The summed E-state index contributed by atoms with van der Waals surface area (Å²) in [5, 5.41) is 6.61. The van der Waals surface area contributed by atoms with Crippen LogP contribution in [0.3, 0.4) is 0 Å². The molecule has 0 saturated carbocycles. The lowest BCUT2D eigenvalue weighted by atomic mass is 10.2. The Balaban J connectivity index is 2.09. The number of rotatable bonds is 3. The zero-order valence-electron chi connectivity index (χ0n) is 10.6. The van der Waals surface area contributed by atoms with E-state index in [9.17, 15) is 9.18 Å². The quantitative estimate of drug-likeness (QED) is 0.816. The third-order valence-electron chi connectivity index (χ3n) is 2.55. The maximum Gasteiger partial charge on any atom is 0.246 e. The molecule has 7 heteroatoms. The van der Waals surface area contributed by atoms with E-state index in [0.717, 1.165) is 0 Å². The normalized spacial score (nSPS) is 10.5. The number of nitrogen functional groups attached to an aromatic ring is 1. The Morgan fingerprint density at radius 3 is 2.84 bits per heavy atom. The summed E-state index contributed by atoms with van der Waals surface area (Å²) in [6.07, 6.45) is 0. The summed E-state index contributed by atoms with van der Waals surface area (Å²) in [4.78, 5) is 15.9. The lowest BCUT2D eigenvalue weighted by Crippen LogP contribution is -2.21. The highest BCUT2D eigenvalue weighted by molar-refractivity contribution is 5.93. The molecule has 1 aromatic carbocycles. The highest BCUT2D eigenvalue weighted by Crippen LogP contribution is 2.19. The lowest BCUT2D eigenvalue weighted by Gasteiger charge is -2.08. The van der Waals surface area contributed by atoms with Gasteiger partial charge in [0.15, 0.2) is 0 Å². The fraction of sp³-hybridized carbons (Fsp3) is 0.250. The fourth-order valence-electron chi connectivity index (χ4n) is 1.67. The number of carbonyl (C=O) groups excluding carboxylic acids is 1. The molecule has 19 heavy (non-hydrogen) atoms. The highest BCUT2D eigenvalue weighted by atomic mass is 19.1. The van der Waals surface area contributed by atoms with Crippen molar-refractivity contribution in [2.45, 2.75) is 20.4 Å². The van der Waals surface area contributed by atoms with E-state index in [-0.39, 0.29) is 18.1 Å². The predicted molar refractivity (Wildman–Crippen MR) is 68.9 cm³/mol. The zero-order chi connectivity index (χ0) is 14.0. The van der Waals surface area contributed by atoms with Crippen molar-refractivity contribution in [3.63, 3.8) is 0 Å². The third kappa shape index (κ3) is 3.06. The minimum absolute atomic E-state index is 0.00261. The first kappa shape index (κ1) is 13.0. The number of nitrogens with one attached hydrogen (secondary N) is 1. The number of hydrogen-bond donors (Lipinski definition) is 2. The fourth-order valence-corrected chi connectivity index (χ4v) is 1.67. The molecule has 0 unspecified atom stereocenters. The highest BCUT2D eigenvalue weighted by Gasteiger charge is 2.10. The van der Waals surface area contributed by atoms with Crippen molar-refractivity contribution in [3.8, 4) is 0 Å². The van der Waals surface area contributed by atoms with Crippen molar-refractivity contribution < 1.29 is 9.18 Å². The van der Waals surface area contributed by atoms with E-state index in [4.69, 9.17) is 5.73 Å². The Morgan fingerprint density at radius 2 is 2.21 bits per heavy atom. The van der Waals surface area contributed by atoms with Crippen LogP contribution in [0.2, 0.25) is 0 Å². The van der Waals surface area contributed by atoms with Crippen LogP contribution in [0.15, 0.2) is 18.2 Å². The first-order chi connectivity index (χ1) is 8.95. The van der Waals surface area contributed by atoms with E-state index >= 15 is 0 Å². The van der Waals surface area contributed by atoms with Gasteiger partial charge in [0, 0.05) is 0 Å². The molecule has 0 spiro atoms. The van der Waals surface area contributed by atoms with Crippen LogP contribution in [0, 0.1) is 19.7 Å². The van der Waals surface area contributed by atoms with Crippen LogP contribution in [-0.2, 0) is 11.3 Å². The van der Waals surface area contributed by atoms with Crippen LogP contribution in [0.1, 0.15) is 11.6 Å². The molecule has 1 aromatic heterocycles. The summed E-state index contributed by atoms with van der Waals surface area (Å²) in [6, 6.07) is 3.80. The van der Waals surface area contributed by atoms with Crippen molar-refractivity contribution in [2.24, 2.45) is 0 Å². The van der Waals surface area contributed by atoms with E-state index in [0.29, 0.717) is 17.3 Å². The van der Waals surface area contributed by atoms with Crippen molar-refractivity contribution >= 4 is 17.3 Å². The molecule has 3 N–H and O–H groups in total. The summed E-state index contributed by atoms with van der Waals surface area (Å²) in [5.41, 5.74) is 6.21. The molecule has 1 amide bonds. The van der Waals surface area contributed by atoms with Crippen molar-refractivity contribution in [1.29, 1.82) is 0 Å². The molecule has 0 radical (unpaired) electrons. The molecule has 6 nitrogen and oxygen atoms in total. The third-order valence-corrected chi connectivity index (χ3v) is 2.55. The zero-order valence-corrected chi connectivity index (χ0v) is 10.6. The number of hydrogen-bond acceptors (Lipinski definition) is 4. The molecule has 1 heterocycles. The summed E-state index contributed by atoms with van der Waals surface area (Å²) in [7, 11) is 0. The second-order valence-electron chi connectivity index (χ2n) is 4.14. The molecule has 0 atom stereocenters. The molecule has 0 fully saturated rings. The Bertz CT molecular complexity index is 623. The van der Waals surface area contributed by atoms with Gasteiger partial charge in [-0.15, -0.1) is 0 Å². The Kier molecular flexibility index (Phi) is 3.46. The second-order valence-corrected chi connectivity index (χ2v) is 4.14. The van der Waals surface area contributed by atoms with Gasteiger partial charge in [0.1, 0.15) is 24.0 Å². The Labute approximate surface area is 109 Å². The standard InChI is InChI=1S/C12H14FN5O/c1-7-15-8(2)18(17-7)6-12(19)16-11-5-9(13)3-4-10(11)14/h3-5H,6,14H2,1-2H3,(H,16,19). The molecule has 0 bridgehead atoms. The van der Waals surface area contributed by atoms with Crippen LogP contribution in [0.25, 0.3) is 0 Å². The van der Waals surface area contributed by atoms with E-state index in [2.05, 4.69) is 15.4 Å². The number of nitrogens with two attached hydrogens (primary N) is 1. The molecule has 2 aromatic rings. The van der Waals surface area contributed by atoms with E-state index in [1.54, 1.807) is 13.8 Å². The van der Waals surface area contributed by atoms with Gasteiger partial charge in [-0.3, -0.25) is 4.79 Å². The molecule has 2 rings (SSSR count). The number of amides is 1. The van der Waals surface area contributed by atoms with Gasteiger partial charge in [-0.05, 0) is 32.0 Å². The van der Waals surface area contributed by atoms with Gasteiger partial charge >= 0.3 is 0 Å². The predicted octanol–water partition coefficient (Wildman–Crippen LogP) is 1.25. The lowest BCUT2D eigenvalue weighted by molar-refractivity contribution is -0.116. The van der Waals surface area contributed by atoms with Crippen molar-refractivity contribution in [2.75, 3.05) is 11.1 Å². The van der Waals surface area contributed by atoms with Crippen LogP contribution in [0.5, 0.6) is 0 Å². The van der Waals surface area contributed by atoms with E-state index in [1.165, 1.54) is 22.9 Å². The van der Waals surface area contributed by atoms with Crippen LogP contribution >= 0.6 is 0 Å². The smallest absolute Gasteiger partial charge is 0.246 e. The maximum absolute atomic E-state index is 13.1. The minimum Gasteiger partial charge on any atom is -0.397 e. The summed E-state index contributed by atoms with van der Waals surface area (Å²) in [5.74, 6) is 0.429. The van der Waals surface area contributed by atoms with Crippen LogP contribution in [0.4, 0.5) is 15.8 Å². The number of benzene rings is 1. The average Bonchev–Trinajstić information content (AvgIpc) is 2.62. The number of aryl methyl sites for hydroxylation is 2. The first-order valence-electron chi connectivity index (χ1n) is 5.68. The average molecular weight is 263 g/mol. The molecule has 0 aliphatic rings. The van der Waals surface area contributed by atoms with E-state index in [1.807, 2.05) is 0 Å². The topological polar surface area (TPSA) is 85.8 Å². The van der Waals surface area contributed by atoms with Crippen molar-refractivity contribution in [1.82, 2.24) is 14.8 Å². The number of anilines is 2. The molecule has 0 aliphatic heterocycles. The van der Waals surface area contributed by atoms with Gasteiger partial charge in [0.25, 0.3) is 0 Å². The molecule has 100 valence electrons. The van der Waals surface area contributed by atoms with Gasteiger partial charge in [-0.25, -0.2) is 14.1 Å². The number of nitrogens with zero attached hydrogens (tertiary/aromatic N) is 3. The van der Waals surface area contributed by atoms with Gasteiger partial charge < -0.3 is 11.1 Å². The van der Waals surface area contributed by atoms with Gasteiger partial charge in [0.05, 0.1) is 11.4 Å². The van der Waals surface area contributed by atoms with Gasteiger partial charge in [0.2, 0.25) is 5.91 Å². The Morgan fingerprint density at radius 1 is 1.47 bits per heavy atom. The Hall–Kier alpha value is -2.44. The summed E-state index contributed by atoms with van der Waals surface area (Å²) < 4.78 is 14.5. The number of halogens is 1. The molecular formula is C12H14FN5O. The monoisotopic (exact) mass is 263 g/mol. The summed E-state index contributed by atoms with van der Waals surface area (Å²) in [6.45, 7) is 3.50. The van der Waals surface area contributed by atoms with Gasteiger partial charge in [-0.2, -0.15) is 5.10 Å².